The van der Waals surface area contributed by atoms with Crippen molar-refractivity contribution in [2.24, 2.45) is 0 Å². The predicted octanol–water partition coefficient (Wildman–Crippen LogP) is 7.59. The quantitative estimate of drug-likeness (QED) is 0.281. The van der Waals surface area contributed by atoms with Crippen molar-refractivity contribution < 1.29 is 14.2 Å². The van der Waals surface area contributed by atoms with Crippen LogP contribution < -0.4 is 10.1 Å². The lowest BCUT2D eigenvalue weighted by atomic mass is 9.87. The molecule has 2 unspecified atom stereocenters. The third kappa shape index (κ3) is 5.11. The number of nitrogens with one attached hydrogen (secondary N) is 1. The zero-order valence-electron chi connectivity index (χ0n) is 21.6. The van der Waals surface area contributed by atoms with Crippen LogP contribution in [-0.2, 0) is 22.6 Å². The van der Waals surface area contributed by atoms with E-state index in [9.17, 15) is 0 Å². The van der Waals surface area contributed by atoms with Crippen LogP contribution in [-0.4, -0.2) is 18.3 Å². The van der Waals surface area contributed by atoms with E-state index in [4.69, 9.17) is 14.2 Å². The highest BCUT2D eigenvalue weighted by Crippen LogP contribution is 2.44. The molecule has 0 saturated heterocycles. The van der Waals surface area contributed by atoms with E-state index in [2.05, 4.69) is 105 Å². The molecule has 1 heterocycles. The number of benzene rings is 4. The van der Waals surface area contributed by atoms with Gasteiger partial charge in [0.25, 0.3) is 0 Å². The van der Waals surface area contributed by atoms with Crippen LogP contribution in [0.15, 0.2) is 84.9 Å². The Balaban J connectivity index is 1.38. The van der Waals surface area contributed by atoms with E-state index >= 15 is 0 Å². The average Bonchev–Trinajstić information content (AvgIpc) is 2.87. The molecule has 0 bridgehead atoms. The van der Waals surface area contributed by atoms with Crippen LogP contribution in [0.3, 0.4) is 0 Å². The van der Waals surface area contributed by atoms with Crippen LogP contribution in [0.4, 0.5) is 5.69 Å². The van der Waals surface area contributed by atoms with Gasteiger partial charge in [-0.1, -0.05) is 60.7 Å². The lowest BCUT2D eigenvalue weighted by Gasteiger charge is -2.44. The molecule has 4 aromatic carbocycles. The van der Waals surface area contributed by atoms with Crippen molar-refractivity contribution in [1.82, 2.24) is 0 Å². The molecule has 36 heavy (non-hydrogen) atoms. The van der Waals surface area contributed by atoms with Gasteiger partial charge in [0.1, 0.15) is 23.6 Å². The number of fused-ring (bicyclic) bond motifs is 2. The number of anilines is 1. The van der Waals surface area contributed by atoms with Gasteiger partial charge in [-0.2, -0.15) is 0 Å². The van der Waals surface area contributed by atoms with Crippen molar-refractivity contribution in [3.8, 4) is 5.75 Å². The molecule has 0 saturated carbocycles. The second kappa shape index (κ2) is 10.3. The molecule has 5 rings (SSSR count). The second-order valence-electron chi connectivity index (χ2n) is 10.0. The molecule has 1 aliphatic rings. The minimum Gasteiger partial charge on any atom is -0.485 e. The van der Waals surface area contributed by atoms with E-state index in [1.807, 2.05) is 13.0 Å². The van der Waals surface area contributed by atoms with Gasteiger partial charge in [0.15, 0.2) is 0 Å². The standard InChI is InChI=1S/C32H35NO3/c1-5-34-30-28-19-27(33-20-26-13-7-6-10-22(26)2)16-17-29(28)36-32(3,4)31(30)35-21-23-14-15-24-11-8-9-12-25(24)18-23/h6-19,30-31,33H,5,20-21H2,1-4H3. The molecule has 0 spiro atoms. The number of aryl methyl sites for hydroxylation is 1. The van der Waals surface area contributed by atoms with Gasteiger partial charge >= 0.3 is 0 Å². The maximum absolute atomic E-state index is 6.57. The second-order valence-corrected chi connectivity index (χ2v) is 10.0. The van der Waals surface area contributed by atoms with Crippen molar-refractivity contribution in [2.75, 3.05) is 11.9 Å². The lowest BCUT2D eigenvalue weighted by molar-refractivity contribution is -0.165. The summed E-state index contributed by atoms with van der Waals surface area (Å²) < 4.78 is 19.4. The van der Waals surface area contributed by atoms with Crippen molar-refractivity contribution in [3.05, 3.63) is 107 Å². The topological polar surface area (TPSA) is 39.7 Å². The summed E-state index contributed by atoms with van der Waals surface area (Å²) >= 11 is 0. The predicted molar refractivity (Wildman–Crippen MR) is 147 cm³/mol. The Morgan fingerprint density at radius 1 is 0.861 bits per heavy atom. The molecule has 0 radical (unpaired) electrons. The molecule has 1 aliphatic heterocycles. The zero-order chi connectivity index (χ0) is 25.1. The van der Waals surface area contributed by atoms with Crippen molar-refractivity contribution in [1.29, 1.82) is 0 Å². The van der Waals surface area contributed by atoms with E-state index in [0.29, 0.717) is 13.2 Å². The fraction of sp³-hybridized carbons (Fsp3) is 0.312. The van der Waals surface area contributed by atoms with Crippen LogP contribution in [0, 0.1) is 6.92 Å². The van der Waals surface area contributed by atoms with Gasteiger partial charge in [0, 0.05) is 24.4 Å². The summed E-state index contributed by atoms with van der Waals surface area (Å²) in [7, 11) is 0. The molecular formula is C32H35NO3. The first-order chi connectivity index (χ1) is 17.4. The van der Waals surface area contributed by atoms with Gasteiger partial charge in [-0.05, 0) is 79.4 Å². The Kier molecular flexibility index (Phi) is 6.99. The smallest absolute Gasteiger partial charge is 0.132 e. The fourth-order valence-electron chi connectivity index (χ4n) is 5.01. The van der Waals surface area contributed by atoms with E-state index in [1.54, 1.807) is 0 Å². The monoisotopic (exact) mass is 481 g/mol. The molecule has 4 nitrogen and oxygen atoms in total. The largest absolute Gasteiger partial charge is 0.485 e. The van der Waals surface area contributed by atoms with Gasteiger partial charge in [-0.15, -0.1) is 0 Å². The number of rotatable bonds is 8. The summed E-state index contributed by atoms with van der Waals surface area (Å²) in [4.78, 5) is 0. The maximum Gasteiger partial charge on any atom is 0.132 e. The first-order valence-corrected chi connectivity index (χ1v) is 12.8. The summed E-state index contributed by atoms with van der Waals surface area (Å²) in [6.07, 6.45) is -0.488. The third-order valence-corrected chi connectivity index (χ3v) is 6.98. The van der Waals surface area contributed by atoms with Crippen LogP contribution in [0.25, 0.3) is 10.8 Å². The molecule has 1 N–H and O–H groups in total. The van der Waals surface area contributed by atoms with Crippen LogP contribution in [0.1, 0.15) is 49.1 Å². The van der Waals surface area contributed by atoms with Gasteiger partial charge in [0.05, 0.1) is 6.61 Å². The SMILES string of the molecule is CCOC1c2cc(NCc3ccccc3C)ccc2OC(C)(C)C1OCc1ccc2ccccc2c1. The Morgan fingerprint density at radius 2 is 1.64 bits per heavy atom. The van der Waals surface area contributed by atoms with Crippen molar-refractivity contribution >= 4 is 16.5 Å². The molecule has 4 heteroatoms. The Hall–Kier alpha value is -3.34. The van der Waals surface area contributed by atoms with E-state index < -0.39 is 5.60 Å². The summed E-state index contributed by atoms with van der Waals surface area (Å²) in [5.41, 5.74) is 5.22. The van der Waals surface area contributed by atoms with E-state index in [-0.39, 0.29) is 12.2 Å². The summed E-state index contributed by atoms with van der Waals surface area (Å²) in [5, 5.41) is 6.02. The molecule has 2 atom stereocenters. The van der Waals surface area contributed by atoms with Crippen LogP contribution in [0.2, 0.25) is 0 Å². The highest BCUT2D eigenvalue weighted by molar-refractivity contribution is 5.82. The van der Waals surface area contributed by atoms with Gasteiger partial charge in [-0.3, -0.25) is 0 Å². The number of hydrogen-bond donors (Lipinski definition) is 1. The minimum atomic E-state index is -0.542. The van der Waals surface area contributed by atoms with Gasteiger partial charge in [0.2, 0.25) is 0 Å². The molecule has 186 valence electrons. The van der Waals surface area contributed by atoms with Crippen LogP contribution >= 0.6 is 0 Å². The molecule has 0 fully saturated rings. The summed E-state index contributed by atoms with van der Waals surface area (Å²) in [6.45, 7) is 10.2. The Labute approximate surface area is 214 Å². The number of ether oxygens (including phenoxy) is 3. The fourth-order valence-corrected chi connectivity index (χ4v) is 5.01. The van der Waals surface area contributed by atoms with E-state index in [0.717, 1.165) is 29.1 Å². The normalized spacial score (nSPS) is 18.4. The first-order valence-electron chi connectivity index (χ1n) is 12.8. The molecular weight excluding hydrogens is 446 g/mol. The lowest BCUT2D eigenvalue weighted by Crippen LogP contribution is -2.51. The minimum absolute atomic E-state index is 0.227. The Morgan fingerprint density at radius 3 is 2.44 bits per heavy atom. The molecule has 0 aliphatic carbocycles. The average molecular weight is 482 g/mol. The van der Waals surface area contributed by atoms with Crippen molar-refractivity contribution in [3.63, 3.8) is 0 Å². The van der Waals surface area contributed by atoms with Gasteiger partial charge < -0.3 is 19.5 Å². The summed E-state index contributed by atoms with van der Waals surface area (Å²) in [6, 6.07) is 29.6. The van der Waals surface area contributed by atoms with Crippen LogP contribution in [0.5, 0.6) is 5.75 Å². The Bertz CT molecular complexity index is 1350. The zero-order valence-corrected chi connectivity index (χ0v) is 21.6. The first kappa shape index (κ1) is 24.4. The summed E-state index contributed by atoms with van der Waals surface area (Å²) in [5.74, 6) is 0.852. The maximum atomic E-state index is 6.57. The van der Waals surface area contributed by atoms with E-state index in [1.165, 1.54) is 21.9 Å². The highest BCUT2D eigenvalue weighted by atomic mass is 16.6. The molecule has 4 aromatic rings. The van der Waals surface area contributed by atoms with Crippen molar-refractivity contribution in [2.45, 2.75) is 58.7 Å². The molecule has 0 aromatic heterocycles. The molecule has 0 amide bonds. The highest BCUT2D eigenvalue weighted by Gasteiger charge is 2.45. The third-order valence-electron chi connectivity index (χ3n) is 6.98. The van der Waals surface area contributed by atoms with Gasteiger partial charge in [-0.25, -0.2) is 0 Å². The number of hydrogen-bond acceptors (Lipinski definition) is 4.